The van der Waals surface area contributed by atoms with Crippen LogP contribution in [0.25, 0.3) is 11.6 Å². The fourth-order valence-corrected chi connectivity index (χ4v) is 4.94. The summed E-state index contributed by atoms with van der Waals surface area (Å²) in [6.45, 7) is 4.04. The van der Waals surface area contributed by atoms with Crippen LogP contribution in [-0.4, -0.2) is 37.4 Å². The van der Waals surface area contributed by atoms with Crippen molar-refractivity contribution >= 4 is 18.9 Å². The van der Waals surface area contributed by atoms with Crippen LogP contribution in [0.3, 0.4) is 0 Å². The molecule has 1 aromatic rings. The molecule has 0 spiro atoms. The summed E-state index contributed by atoms with van der Waals surface area (Å²) in [5.74, 6) is 0.221. The number of fused-ring (bicyclic) bond motifs is 1. The zero-order valence-corrected chi connectivity index (χ0v) is 18.8. The predicted molar refractivity (Wildman–Crippen MR) is 130 cm³/mol. The monoisotopic (exact) mass is 414 g/mol. The van der Waals surface area contributed by atoms with Crippen molar-refractivity contribution in [2.75, 3.05) is 7.11 Å². The van der Waals surface area contributed by atoms with Crippen LogP contribution in [0.15, 0.2) is 71.8 Å². The Morgan fingerprint density at radius 3 is 2.87 bits per heavy atom. The molecule has 161 valence electrons. The lowest BCUT2D eigenvalue weighted by molar-refractivity contribution is -0.000103. The molecular weight excluding hydrogens is 381 g/mol. The smallest absolute Gasteiger partial charge is 0.150 e. The number of rotatable bonds is 7. The van der Waals surface area contributed by atoms with Crippen LogP contribution < -0.4 is 15.8 Å². The first-order valence-corrected chi connectivity index (χ1v) is 11.4. The van der Waals surface area contributed by atoms with Gasteiger partial charge in [-0.05, 0) is 47.8 Å². The number of benzene rings is 1. The first kappa shape index (κ1) is 22.1. The largest absolute Gasteiger partial charge is 0.384 e. The molecule has 0 amide bonds. The van der Waals surface area contributed by atoms with Gasteiger partial charge in [0, 0.05) is 13.0 Å². The number of allylic oxidation sites excluding steroid dienone is 5. The van der Waals surface area contributed by atoms with E-state index in [1.807, 2.05) is 19.1 Å². The SMILES string of the molecule is CC[B]C1=CCC(C(NC2C(C3=c4ccccc4=CCC3)=CC=CC2(C)O)OC)C=C1. The molecule has 4 rings (SSSR count). The minimum absolute atomic E-state index is 0.187. The second-order valence-corrected chi connectivity index (χ2v) is 8.85. The van der Waals surface area contributed by atoms with Crippen LogP contribution in [0.4, 0.5) is 0 Å². The first-order valence-electron chi connectivity index (χ1n) is 11.4. The van der Waals surface area contributed by atoms with E-state index in [0.29, 0.717) is 0 Å². The van der Waals surface area contributed by atoms with Gasteiger partial charge in [0.2, 0.25) is 0 Å². The van der Waals surface area contributed by atoms with Gasteiger partial charge in [0.15, 0.2) is 7.28 Å². The van der Waals surface area contributed by atoms with Crippen LogP contribution in [0.2, 0.25) is 6.32 Å². The van der Waals surface area contributed by atoms with Crippen molar-refractivity contribution in [3.8, 4) is 0 Å². The second-order valence-electron chi connectivity index (χ2n) is 8.85. The Kier molecular flexibility index (Phi) is 6.81. The van der Waals surface area contributed by atoms with Crippen molar-refractivity contribution in [2.45, 2.75) is 57.3 Å². The Bertz CT molecular complexity index is 1050. The van der Waals surface area contributed by atoms with Crippen molar-refractivity contribution in [2.24, 2.45) is 5.92 Å². The molecule has 0 aliphatic heterocycles. The second kappa shape index (κ2) is 9.56. The van der Waals surface area contributed by atoms with Crippen molar-refractivity contribution in [3.05, 3.63) is 82.2 Å². The van der Waals surface area contributed by atoms with Crippen molar-refractivity contribution < 1.29 is 9.84 Å². The van der Waals surface area contributed by atoms with Gasteiger partial charge in [0.25, 0.3) is 0 Å². The van der Waals surface area contributed by atoms with E-state index in [4.69, 9.17) is 4.74 Å². The van der Waals surface area contributed by atoms with Gasteiger partial charge in [-0.25, -0.2) is 0 Å². The van der Waals surface area contributed by atoms with Gasteiger partial charge in [0.05, 0.1) is 11.6 Å². The Balaban J connectivity index is 1.64. The lowest BCUT2D eigenvalue weighted by atomic mass is 9.65. The highest BCUT2D eigenvalue weighted by molar-refractivity contribution is 6.46. The molecule has 3 nitrogen and oxygen atoms in total. The summed E-state index contributed by atoms with van der Waals surface area (Å²) >= 11 is 0. The topological polar surface area (TPSA) is 41.5 Å². The summed E-state index contributed by atoms with van der Waals surface area (Å²) in [6.07, 6.45) is 18.8. The molecule has 0 fully saturated rings. The third-order valence-corrected chi connectivity index (χ3v) is 6.57. The lowest BCUT2D eigenvalue weighted by Gasteiger charge is -2.40. The third-order valence-electron chi connectivity index (χ3n) is 6.57. The summed E-state index contributed by atoms with van der Waals surface area (Å²) in [5.41, 5.74) is 2.76. The summed E-state index contributed by atoms with van der Waals surface area (Å²) < 4.78 is 5.91. The standard InChI is InChI=1S/C27H33BNO2/c1-4-28-21-16-14-20(15-17-21)26(31-3)29-25-24(13-8-18-27(25,2)30)23-12-7-10-19-9-5-6-11-22(19)23/h5-6,8-11,13-14,16-18,20,25-26,29-30H,4,7,12,15H2,1-3H3. The fraction of sp³-hybridized carbons (Fsp3) is 0.407. The van der Waals surface area contributed by atoms with E-state index in [1.54, 1.807) is 7.11 Å². The number of ether oxygens (including phenoxy) is 1. The Labute approximate surface area is 186 Å². The maximum Gasteiger partial charge on any atom is 0.150 e. The molecule has 31 heavy (non-hydrogen) atoms. The van der Waals surface area contributed by atoms with E-state index in [0.717, 1.165) is 31.2 Å². The Morgan fingerprint density at radius 2 is 2.13 bits per heavy atom. The highest BCUT2D eigenvalue weighted by Gasteiger charge is 2.38. The van der Waals surface area contributed by atoms with E-state index in [-0.39, 0.29) is 18.2 Å². The quantitative estimate of drug-likeness (QED) is 0.532. The van der Waals surface area contributed by atoms with Crippen LogP contribution in [-0.2, 0) is 4.74 Å². The summed E-state index contributed by atoms with van der Waals surface area (Å²) in [6, 6.07) is 8.31. The molecule has 4 heteroatoms. The van der Waals surface area contributed by atoms with Gasteiger partial charge in [0.1, 0.15) is 6.23 Å². The van der Waals surface area contributed by atoms with Gasteiger partial charge in [-0.2, -0.15) is 0 Å². The molecular formula is C27H33BNO2. The zero-order chi connectivity index (χ0) is 21.8. The number of methoxy groups -OCH3 is 1. The van der Waals surface area contributed by atoms with E-state index in [2.05, 4.69) is 74.2 Å². The van der Waals surface area contributed by atoms with Crippen molar-refractivity contribution in [1.29, 1.82) is 0 Å². The van der Waals surface area contributed by atoms with Gasteiger partial charge < -0.3 is 9.84 Å². The van der Waals surface area contributed by atoms with Gasteiger partial charge in [-0.15, -0.1) is 0 Å². The molecule has 4 unspecified atom stereocenters. The Morgan fingerprint density at radius 1 is 1.29 bits per heavy atom. The highest BCUT2D eigenvalue weighted by Crippen LogP contribution is 2.33. The van der Waals surface area contributed by atoms with Crippen LogP contribution >= 0.6 is 0 Å². The first-order chi connectivity index (χ1) is 15.0. The van der Waals surface area contributed by atoms with Gasteiger partial charge >= 0.3 is 0 Å². The molecule has 0 saturated heterocycles. The van der Waals surface area contributed by atoms with E-state index in [1.165, 1.54) is 21.5 Å². The fourth-order valence-electron chi connectivity index (χ4n) is 4.94. The third kappa shape index (κ3) is 4.72. The normalized spacial score (nSPS) is 28.3. The average Bonchev–Trinajstić information content (AvgIpc) is 2.78. The maximum absolute atomic E-state index is 11.3. The number of hydrogen-bond donors (Lipinski definition) is 2. The molecule has 2 N–H and O–H groups in total. The molecule has 3 aliphatic rings. The Hall–Kier alpha value is -2.14. The summed E-state index contributed by atoms with van der Waals surface area (Å²) in [4.78, 5) is 0. The van der Waals surface area contributed by atoms with Crippen molar-refractivity contribution in [3.63, 3.8) is 0 Å². The maximum atomic E-state index is 11.3. The average molecular weight is 414 g/mol. The summed E-state index contributed by atoms with van der Waals surface area (Å²) in [7, 11) is 3.99. The van der Waals surface area contributed by atoms with E-state index in [9.17, 15) is 5.11 Å². The van der Waals surface area contributed by atoms with Gasteiger partial charge in [-0.3, -0.25) is 5.32 Å². The van der Waals surface area contributed by atoms with Crippen LogP contribution in [0, 0.1) is 5.92 Å². The molecule has 0 saturated carbocycles. The number of nitrogens with one attached hydrogen (secondary N) is 1. The molecule has 0 heterocycles. The van der Waals surface area contributed by atoms with Gasteiger partial charge in [-0.1, -0.05) is 85.5 Å². The van der Waals surface area contributed by atoms with E-state index < -0.39 is 5.60 Å². The molecule has 3 aliphatic carbocycles. The van der Waals surface area contributed by atoms with Crippen molar-refractivity contribution in [1.82, 2.24) is 5.32 Å². The van der Waals surface area contributed by atoms with Crippen LogP contribution in [0.5, 0.6) is 0 Å². The molecule has 0 bridgehead atoms. The lowest BCUT2D eigenvalue weighted by Crippen LogP contribution is -2.56. The zero-order valence-electron chi connectivity index (χ0n) is 18.8. The predicted octanol–water partition coefficient (Wildman–Crippen LogP) is 3.19. The minimum atomic E-state index is -1.00. The molecule has 1 radical (unpaired) electrons. The number of hydrogen-bond acceptors (Lipinski definition) is 3. The van der Waals surface area contributed by atoms with Crippen LogP contribution in [0.1, 0.15) is 33.1 Å². The molecule has 0 aromatic heterocycles. The van der Waals surface area contributed by atoms with E-state index >= 15 is 0 Å². The summed E-state index contributed by atoms with van der Waals surface area (Å²) in [5, 5.41) is 17.6. The minimum Gasteiger partial charge on any atom is -0.384 e. The highest BCUT2D eigenvalue weighted by atomic mass is 16.5. The molecule has 4 atom stereocenters. The molecule has 1 aromatic carbocycles. The number of aliphatic hydroxyl groups is 1.